The lowest BCUT2D eigenvalue weighted by Crippen LogP contribution is -2.17. The van der Waals surface area contributed by atoms with E-state index in [9.17, 15) is 10.0 Å². The van der Waals surface area contributed by atoms with Crippen molar-refractivity contribution in [2.24, 2.45) is 0 Å². The molecule has 0 amide bonds. The van der Waals surface area contributed by atoms with Crippen LogP contribution < -0.4 is 5.56 Å². The standard InChI is InChI=1S/C5H3N4O2S/c10-4-2-3(7-1-6-2)8-5(12)9(4)11/h1H,(H,6,7)(H,8,12)/q-1. The molecule has 0 radical (unpaired) electrons. The molecule has 2 rings (SSSR count). The number of aromatic amines is 2. The third-order valence-corrected chi connectivity index (χ3v) is 1.72. The van der Waals surface area contributed by atoms with Crippen LogP contribution in [0.4, 0.5) is 0 Å². The van der Waals surface area contributed by atoms with E-state index in [1.807, 2.05) is 0 Å². The quantitative estimate of drug-likeness (QED) is 0.568. The summed E-state index contributed by atoms with van der Waals surface area (Å²) >= 11 is 4.58. The summed E-state index contributed by atoms with van der Waals surface area (Å²) in [6, 6.07) is 0. The van der Waals surface area contributed by atoms with Crippen LogP contribution in [-0.4, -0.2) is 19.7 Å². The van der Waals surface area contributed by atoms with E-state index in [0.717, 1.165) is 0 Å². The minimum absolute atomic E-state index is 0.107. The Bertz CT molecular complexity index is 536. The van der Waals surface area contributed by atoms with Crippen LogP contribution >= 0.6 is 12.2 Å². The van der Waals surface area contributed by atoms with Crippen molar-refractivity contribution >= 4 is 23.4 Å². The molecule has 2 N–H and O–H groups in total. The fourth-order valence-electron chi connectivity index (χ4n) is 0.898. The van der Waals surface area contributed by atoms with Crippen LogP contribution in [0.3, 0.4) is 0 Å². The third kappa shape index (κ3) is 0.766. The molecule has 0 fully saturated rings. The normalized spacial score (nSPS) is 10.7. The Morgan fingerprint density at radius 3 is 3.17 bits per heavy atom. The molecule has 0 aliphatic rings. The highest BCUT2D eigenvalue weighted by Gasteiger charge is 2.00. The zero-order valence-corrected chi connectivity index (χ0v) is 6.51. The summed E-state index contributed by atoms with van der Waals surface area (Å²) in [5, 5.41) is 10.9. The molecule has 0 unspecified atom stereocenters. The van der Waals surface area contributed by atoms with Gasteiger partial charge in [-0.15, -0.1) is 0 Å². The Kier molecular flexibility index (Phi) is 1.28. The molecular weight excluding hydrogens is 180 g/mol. The van der Waals surface area contributed by atoms with E-state index in [0.29, 0.717) is 5.65 Å². The molecule has 2 aromatic rings. The SMILES string of the molecule is O=c1c2[nH]cnc2[nH]c(=S)n1[O-]. The van der Waals surface area contributed by atoms with Crippen molar-refractivity contribution in [2.75, 3.05) is 0 Å². The van der Waals surface area contributed by atoms with E-state index in [4.69, 9.17) is 0 Å². The Balaban J connectivity index is 3.16. The van der Waals surface area contributed by atoms with E-state index in [1.54, 1.807) is 0 Å². The Morgan fingerprint density at radius 2 is 2.42 bits per heavy atom. The van der Waals surface area contributed by atoms with Gasteiger partial charge in [0.05, 0.1) is 6.33 Å². The van der Waals surface area contributed by atoms with Crippen LogP contribution in [0.5, 0.6) is 0 Å². The van der Waals surface area contributed by atoms with Crippen LogP contribution in [0.25, 0.3) is 11.2 Å². The highest BCUT2D eigenvalue weighted by atomic mass is 32.1. The first kappa shape index (κ1) is 7.04. The summed E-state index contributed by atoms with van der Waals surface area (Å²) in [5.74, 6) is 0. The number of imidazole rings is 1. The summed E-state index contributed by atoms with van der Waals surface area (Å²) in [7, 11) is 0. The van der Waals surface area contributed by atoms with Gasteiger partial charge in [0.2, 0.25) is 0 Å². The maximum absolute atomic E-state index is 11.1. The van der Waals surface area contributed by atoms with Crippen LogP contribution in [-0.2, 0) is 0 Å². The summed E-state index contributed by atoms with van der Waals surface area (Å²) in [5.41, 5.74) is -0.276. The molecular formula is C5H3N4O2S-. The molecule has 0 spiro atoms. The molecule has 0 aliphatic carbocycles. The molecule has 12 heavy (non-hydrogen) atoms. The lowest BCUT2D eigenvalue weighted by molar-refractivity contribution is 0.944. The number of H-pyrrole nitrogens is 2. The smallest absolute Gasteiger partial charge is 0.275 e. The molecule has 2 aromatic heterocycles. The number of hydrogen-bond donors (Lipinski definition) is 2. The molecule has 0 atom stereocenters. The van der Waals surface area contributed by atoms with Gasteiger partial charge in [0.15, 0.2) is 10.4 Å². The van der Waals surface area contributed by atoms with Crippen LogP contribution in [0.2, 0.25) is 0 Å². The second kappa shape index (κ2) is 2.18. The maximum atomic E-state index is 11.1. The molecule has 62 valence electrons. The van der Waals surface area contributed by atoms with Crippen molar-refractivity contribution in [2.45, 2.75) is 0 Å². The van der Waals surface area contributed by atoms with Crippen molar-refractivity contribution in [3.05, 3.63) is 26.7 Å². The van der Waals surface area contributed by atoms with E-state index in [1.165, 1.54) is 6.33 Å². The number of nitrogens with zero attached hydrogens (tertiary/aromatic N) is 2. The van der Waals surface area contributed by atoms with Gasteiger partial charge in [0, 0.05) is 0 Å². The molecule has 0 bridgehead atoms. The number of rotatable bonds is 0. The van der Waals surface area contributed by atoms with Gasteiger partial charge in [-0.25, -0.2) is 4.98 Å². The number of nitrogens with one attached hydrogen (secondary N) is 2. The summed E-state index contributed by atoms with van der Waals surface area (Å²) in [4.78, 5) is 19.9. The highest BCUT2D eigenvalue weighted by molar-refractivity contribution is 7.71. The van der Waals surface area contributed by atoms with Crippen molar-refractivity contribution in [3.63, 3.8) is 0 Å². The second-order valence-electron chi connectivity index (χ2n) is 2.16. The third-order valence-electron chi connectivity index (χ3n) is 1.45. The van der Waals surface area contributed by atoms with Gasteiger partial charge in [-0.2, -0.15) is 0 Å². The van der Waals surface area contributed by atoms with Gasteiger partial charge in [-0.1, -0.05) is 0 Å². The van der Waals surface area contributed by atoms with Gasteiger partial charge in [-0.3, -0.25) is 4.79 Å². The van der Waals surface area contributed by atoms with Crippen LogP contribution in [0.1, 0.15) is 0 Å². The monoisotopic (exact) mass is 183 g/mol. The van der Waals surface area contributed by atoms with Gasteiger partial charge < -0.3 is 19.9 Å². The first-order chi connectivity index (χ1) is 5.70. The topological polar surface area (TPSA) is 89.5 Å². The predicted molar refractivity (Wildman–Crippen MR) is 44.3 cm³/mol. The van der Waals surface area contributed by atoms with Gasteiger partial charge in [0.25, 0.3) is 5.56 Å². The molecule has 7 heteroatoms. The fourth-order valence-corrected chi connectivity index (χ4v) is 1.08. The molecule has 6 nitrogen and oxygen atoms in total. The zero-order chi connectivity index (χ0) is 8.72. The Morgan fingerprint density at radius 1 is 1.67 bits per heavy atom. The first-order valence-electron chi connectivity index (χ1n) is 3.06. The van der Waals surface area contributed by atoms with Crippen LogP contribution in [0, 0.1) is 9.98 Å². The average Bonchev–Trinajstić information content (AvgIpc) is 2.48. The summed E-state index contributed by atoms with van der Waals surface area (Å²) in [6.07, 6.45) is 1.32. The minimum Gasteiger partial charge on any atom is -0.802 e. The minimum atomic E-state index is -0.716. The van der Waals surface area contributed by atoms with Crippen molar-refractivity contribution in [1.82, 2.24) is 19.7 Å². The van der Waals surface area contributed by atoms with E-state index in [-0.39, 0.29) is 15.0 Å². The second-order valence-corrected chi connectivity index (χ2v) is 2.54. The van der Waals surface area contributed by atoms with E-state index >= 15 is 0 Å². The molecule has 0 saturated carbocycles. The maximum Gasteiger partial charge on any atom is 0.275 e. The van der Waals surface area contributed by atoms with E-state index < -0.39 is 5.56 Å². The van der Waals surface area contributed by atoms with Gasteiger partial charge >= 0.3 is 0 Å². The number of hydrogen-bond acceptors (Lipinski definition) is 4. The molecule has 0 aromatic carbocycles. The molecule has 2 heterocycles. The van der Waals surface area contributed by atoms with E-state index in [2.05, 4.69) is 27.2 Å². The summed E-state index contributed by atoms with van der Waals surface area (Å²) in [6.45, 7) is 0. The Labute approximate surface area is 70.5 Å². The first-order valence-corrected chi connectivity index (χ1v) is 3.47. The lowest BCUT2D eigenvalue weighted by atomic mass is 10.5. The lowest BCUT2D eigenvalue weighted by Gasteiger charge is -2.06. The number of aromatic nitrogens is 4. The van der Waals surface area contributed by atoms with Crippen molar-refractivity contribution < 1.29 is 0 Å². The highest BCUT2D eigenvalue weighted by Crippen LogP contribution is 1.97. The van der Waals surface area contributed by atoms with Crippen LogP contribution in [0.15, 0.2) is 11.1 Å². The Hall–Kier alpha value is -1.63. The van der Waals surface area contributed by atoms with Crippen molar-refractivity contribution in [3.8, 4) is 0 Å². The summed E-state index contributed by atoms with van der Waals surface area (Å²) < 4.78 is -0.0739. The van der Waals surface area contributed by atoms with Gasteiger partial charge in [-0.05, 0) is 12.2 Å². The fraction of sp³-hybridized carbons (Fsp3) is 0. The predicted octanol–water partition coefficient (Wildman–Crippen LogP) is 0.128. The largest absolute Gasteiger partial charge is 0.802 e. The van der Waals surface area contributed by atoms with Gasteiger partial charge in [0.1, 0.15) is 5.52 Å². The molecule has 0 aliphatic heterocycles. The van der Waals surface area contributed by atoms with Crippen molar-refractivity contribution in [1.29, 1.82) is 0 Å². The average molecular weight is 183 g/mol. The zero-order valence-electron chi connectivity index (χ0n) is 5.70. The molecule has 0 saturated heterocycles. The number of fused-ring (bicyclic) bond motifs is 1.